The van der Waals surface area contributed by atoms with Crippen LogP contribution in [-0.2, 0) is 28.3 Å². The lowest BCUT2D eigenvalue weighted by Crippen LogP contribution is -2.24. The first kappa shape index (κ1) is 38.0. The number of hydrogen-bond donors (Lipinski definition) is 0. The van der Waals surface area contributed by atoms with E-state index in [-0.39, 0.29) is 45.7 Å². The van der Waals surface area contributed by atoms with Crippen molar-refractivity contribution in [2.24, 2.45) is 0 Å². The van der Waals surface area contributed by atoms with E-state index in [0.29, 0.717) is 0 Å². The molecule has 4 aromatic heterocycles. The molecule has 0 atom stereocenters. The van der Waals surface area contributed by atoms with Crippen LogP contribution in [0.15, 0.2) is 49.3 Å². The molecular formula is C29H23ClF10N6O2. The van der Waals surface area contributed by atoms with Crippen LogP contribution in [0, 0.1) is 0 Å². The molecule has 0 spiro atoms. The number of carbonyl (C=O) groups is 1. The van der Waals surface area contributed by atoms with E-state index < -0.39 is 59.8 Å². The molecule has 48 heavy (non-hydrogen) atoms. The van der Waals surface area contributed by atoms with E-state index >= 15 is 0 Å². The Balaban J connectivity index is 0.000000275. The number of pyridine rings is 2. The quantitative estimate of drug-likeness (QED) is 0.138. The topological polar surface area (TPSA) is 104 Å². The van der Waals surface area contributed by atoms with Crippen molar-refractivity contribution in [2.75, 3.05) is 0 Å². The van der Waals surface area contributed by atoms with Crippen molar-refractivity contribution in [2.45, 2.75) is 64.4 Å². The van der Waals surface area contributed by atoms with Crippen molar-refractivity contribution in [3.63, 3.8) is 0 Å². The molecule has 0 aromatic carbocycles. The number of aromatic nitrogens is 6. The van der Waals surface area contributed by atoms with Gasteiger partial charge in [-0.2, -0.15) is 26.3 Å². The summed E-state index contributed by atoms with van der Waals surface area (Å²) in [7, 11) is 0. The summed E-state index contributed by atoms with van der Waals surface area (Å²) in [5.74, 6) is -3.15. The monoisotopic (exact) mass is 712 g/mol. The van der Waals surface area contributed by atoms with Gasteiger partial charge in [0.1, 0.15) is 17.0 Å². The van der Waals surface area contributed by atoms with Gasteiger partial charge in [-0.25, -0.2) is 37.5 Å². The van der Waals surface area contributed by atoms with E-state index in [1.165, 1.54) is 12.1 Å². The predicted molar refractivity (Wildman–Crippen MR) is 150 cm³/mol. The van der Waals surface area contributed by atoms with E-state index in [2.05, 4.69) is 29.9 Å². The molecule has 0 aliphatic carbocycles. The summed E-state index contributed by atoms with van der Waals surface area (Å²) in [5, 5.41) is -0.280. The Morgan fingerprint density at radius 1 is 0.667 bits per heavy atom. The Morgan fingerprint density at radius 3 is 1.44 bits per heavy atom. The fourth-order valence-corrected chi connectivity index (χ4v) is 3.97. The first-order valence-corrected chi connectivity index (χ1v) is 13.7. The Hall–Kier alpha value is -4.48. The predicted octanol–water partition coefficient (Wildman–Crippen LogP) is 8.92. The summed E-state index contributed by atoms with van der Waals surface area (Å²) < 4.78 is 131. The number of alkyl halides is 10. The molecule has 0 radical (unpaired) electrons. The molecule has 4 aromatic rings. The summed E-state index contributed by atoms with van der Waals surface area (Å²) in [6, 6.07) is 2.51. The molecule has 0 amide bonds. The van der Waals surface area contributed by atoms with Gasteiger partial charge in [0.2, 0.25) is 11.6 Å². The molecular weight excluding hydrogens is 690 g/mol. The fraction of sp³-hybridized carbons (Fsp3) is 0.345. The lowest BCUT2D eigenvalue weighted by molar-refractivity contribution is -0.154. The van der Waals surface area contributed by atoms with Gasteiger partial charge in [-0.05, 0) is 44.9 Å². The highest BCUT2D eigenvalue weighted by Gasteiger charge is 2.35. The zero-order valence-electron chi connectivity index (χ0n) is 24.8. The summed E-state index contributed by atoms with van der Waals surface area (Å²) in [6.45, 7) is 5.05. The number of nitrogens with zero attached hydrogens (tertiary/aromatic N) is 6. The number of aryl methyl sites for hydroxylation is 1. The number of esters is 1. The first-order chi connectivity index (χ1) is 22.2. The lowest BCUT2D eigenvalue weighted by atomic mass is 10.0. The molecule has 0 aliphatic heterocycles. The van der Waals surface area contributed by atoms with Crippen LogP contribution >= 0.6 is 11.6 Å². The molecule has 0 fully saturated rings. The number of rotatable bonds is 7. The molecule has 4 heterocycles. The van der Waals surface area contributed by atoms with Gasteiger partial charge in [0, 0.05) is 65.9 Å². The number of halogens is 11. The SMILES string of the molecule is CC(C)(C)OC(=O)CCc1cc(-c2cnc(C(F)(F)F)nc2)cnc1C(F)F.FC(F)c1ncc(-c2cnc(C(F)(F)F)nc2)cc1Cl. The molecule has 0 saturated heterocycles. The normalized spacial score (nSPS) is 12.2. The largest absolute Gasteiger partial charge is 0.460 e. The molecule has 0 bridgehead atoms. The van der Waals surface area contributed by atoms with Crippen LogP contribution in [0.25, 0.3) is 22.3 Å². The third-order valence-corrected chi connectivity index (χ3v) is 6.08. The molecule has 258 valence electrons. The highest BCUT2D eigenvalue weighted by Crippen LogP contribution is 2.31. The average Bonchev–Trinajstić information content (AvgIpc) is 2.98. The van der Waals surface area contributed by atoms with Crippen molar-refractivity contribution >= 4 is 17.6 Å². The fourth-order valence-electron chi connectivity index (χ4n) is 3.72. The molecule has 0 N–H and O–H groups in total. The van der Waals surface area contributed by atoms with E-state index in [1.54, 1.807) is 20.8 Å². The van der Waals surface area contributed by atoms with Gasteiger partial charge < -0.3 is 4.74 Å². The molecule has 0 unspecified atom stereocenters. The Morgan fingerprint density at radius 2 is 1.06 bits per heavy atom. The van der Waals surface area contributed by atoms with Crippen LogP contribution in [0.5, 0.6) is 0 Å². The van der Waals surface area contributed by atoms with E-state index in [0.717, 1.165) is 37.2 Å². The van der Waals surface area contributed by atoms with Gasteiger partial charge in [0.25, 0.3) is 12.9 Å². The minimum atomic E-state index is -4.69. The third kappa shape index (κ3) is 10.8. The number of carbonyl (C=O) groups excluding carboxylic acids is 1. The van der Waals surface area contributed by atoms with Crippen LogP contribution in [-0.4, -0.2) is 41.5 Å². The van der Waals surface area contributed by atoms with Crippen molar-refractivity contribution in [3.8, 4) is 22.3 Å². The highest BCUT2D eigenvalue weighted by atomic mass is 35.5. The van der Waals surface area contributed by atoms with Gasteiger partial charge in [-0.1, -0.05) is 11.6 Å². The van der Waals surface area contributed by atoms with E-state index in [1.807, 2.05) is 0 Å². The van der Waals surface area contributed by atoms with Crippen LogP contribution in [0.2, 0.25) is 5.02 Å². The zero-order valence-corrected chi connectivity index (χ0v) is 25.6. The van der Waals surface area contributed by atoms with Crippen LogP contribution in [0.3, 0.4) is 0 Å². The van der Waals surface area contributed by atoms with E-state index in [9.17, 15) is 48.7 Å². The molecule has 4 rings (SSSR count). The van der Waals surface area contributed by atoms with Crippen molar-refractivity contribution in [1.29, 1.82) is 0 Å². The Kier molecular flexibility index (Phi) is 12.0. The lowest BCUT2D eigenvalue weighted by Gasteiger charge is -2.19. The maximum Gasteiger partial charge on any atom is 0.451 e. The minimum Gasteiger partial charge on any atom is -0.460 e. The zero-order chi connectivity index (χ0) is 36.0. The molecule has 0 saturated carbocycles. The third-order valence-electron chi connectivity index (χ3n) is 5.78. The van der Waals surface area contributed by atoms with Crippen molar-refractivity contribution < 1.29 is 53.4 Å². The Labute approximate surface area is 270 Å². The maximum atomic E-state index is 13.2. The summed E-state index contributed by atoms with van der Waals surface area (Å²) in [4.78, 5) is 31.8. The molecule has 19 heteroatoms. The number of ether oxygens (including phenoxy) is 1. The summed E-state index contributed by atoms with van der Waals surface area (Å²) in [6.07, 6.45) is -9.35. The average molecular weight is 713 g/mol. The van der Waals surface area contributed by atoms with Crippen LogP contribution in [0.4, 0.5) is 43.9 Å². The summed E-state index contributed by atoms with van der Waals surface area (Å²) in [5.41, 5.74) is -0.833. The van der Waals surface area contributed by atoms with Gasteiger partial charge in [-0.3, -0.25) is 14.8 Å². The van der Waals surface area contributed by atoms with Gasteiger partial charge >= 0.3 is 18.3 Å². The van der Waals surface area contributed by atoms with Gasteiger partial charge in [-0.15, -0.1) is 0 Å². The van der Waals surface area contributed by atoms with Crippen LogP contribution in [0.1, 0.15) is 68.6 Å². The van der Waals surface area contributed by atoms with Crippen molar-refractivity contribution in [1.82, 2.24) is 29.9 Å². The molecule has 8 nitrogen and oxygen atoms in total. The first-order valence-electron chi connectivity index (χ1n) is 13.4. The Bertz CT molecular complexity index is 1700. The molecule has 0 aliphatic rings. The van der Waals surface area contributed by atoms with Crippen LogP contribution < -0.4 is 0 Å². The second-order valence-electron chi connectivity index (χ2n) is 10.6. The second kappa shape index (κ2) is 15.2. The smallest absolute Gasteiger partial charge is 0.451 e. The highest BCUT2D eigenvalue weighted by molar-refractivity contribution is 6.31. The van der Waals surface area contributed by atoms with E-state index in [4.69, 9.17) is 16.3 Å². The standard InChI is InChI=1S/C18H18F5N3O2.C11H5ClF5N3/c1-17(2,3)28-13(27)5-4-10-6-11(7-24-14(10)15(19)20)12-8-25-16(26-9-12)18(21,22)23;12-7-1-5(2-18-8(7)9(13)14)6-3-19-10(20-4-6)11(15,16)17/h6-9,15H,4-5H2,1-3H3;1-4,9H. The minimum absolute atomic E-state index is 0.0586. The summed E-state index contributed by atoms with van der Waals surface area (Å²) >= 11 is 5.61. The van der Waals surface area contributed by atoms with Gasteiger partial charge in [0.15, 0.2) is 0 Å². The number of hydrogen-bond acceptors (Lipinski definition) is 8. The van der Waals surface area contributed by atoms with Crippen molar-refractivity contribution in [3.05, 3.63) is 82.9 Å². The second-order valence-corrected chi connectivity index (χ2v) is 11.0. The van der Waals surface area contributed by atoms with Gasteiger partial charge in [0.05, 0.1) is 5.02 Å². The maximum absolute atomic E-state index is 13.2.